The third-order valence-electron chi connectivity index (χ3n) is 5.27. The first kappa shape index (κ1) is 20.7. The normalized spacial score (nSPS) is 19.7. The Bertz CT molecular complexity index is 501. The van der Waals surface area contributed by atoms with Crippen LogP contribution in [0.2, 0.25) is 0 Å². The lowest BCUT2D eigenvalue weighted by Crippen LogP contribution is -2.55. The molecule has 7 heteroatoms. The Morgan fingerprint density at radius 3 is 2.58 bits per heavy atom. The summed E-state index contributed by atoms with van der Waals surface area (Å²) in [5.41, 5.74) is 1.40. The highest BCUT2D eigenvalue weighted by Gasteiger charge is 2.26. The summed E-state index contributed by atoms with van der Waals surface area (Å²) in [4.78, 5) is 30.7. The van der Waals surface area contributed by atoms with E-state index in [1.807, 2.05) is 11.9 Å². The zero-order chi connectivity index (χ0) is 18.9. The highest BCUT2D eigenvalue weighted by Crippen LogP contribution is 2.20. The van der Waals surface area contributed by atoms with Crippen LogP contribution in [0, 0.1) is 0 Å². The number of aliphatic hydroxyl groups is 1. The van der Waals surface area contributed by atoms with E-state index in [0.29, 0.717) is 19.6 Å². The van der Waals surface area contributed by atoms with E-state index in [1.54, 1.807) is 11.8 Å². The van der Waals surface area contributed by atoms with Gasteiger partial charge < -0.3 is 25.1 Å². The number of aliphatic hydroxyl groups excluding tert-OH is 1. The molecule has 26 heavy (non-hydrogen) atoms. The maximum Gasteiger partial charge on any atom is 0.318 e. The Labute approximate surface area is 157 Å². The Morgan fingerprint density at radius 2 is 1.96 bits per heavy atom. The third kappa shape index (κ3) is 6.29. The molecule has 1 aliphatic heterocycles. The lowest BCUT2D eigenvalue weighted by molar-refractivity contribution is -0.134. The molecule has 148 valence electrons. The first-order valence-corrected chi connectivity index (χ1v) is 9.83. The van der Waals surface area contributed by atoms with Gasteiger partial charge in [0.05, 0.1) is 6.61 Å². The van der Waals surface area contributed by atoms with Crippen molar-refractivity contribution in [3.63, 3.8) is 0 Å². The molecular weight excluding hydrogens is 332 g/mol. The molecule has 0 spiro atoms. The number of nitrogens with zero attached hydrogens (tertiary/aromatic N) is 3. The van der Waals surface area contributed by atoms with Gasteiger partial charge in [0.25, 0.3) is 0 Å². The smallest absolute Gasteiger partial charge is 0.318 e. The average Bonchev–Trinajstić information content (AvgIpc) is 2.65. The van der Waals surface area contributed by atoms with Crippen molar-refractivity contribution in [1.29, 1.82) is 0 Å². The second-order valence-electron chi connectivity index (χ2n) is 7.37. The number of piperazine rings is 1. The fourth-order valence-corrected chi connectivity index (χ4v) is 3.48. The van der Waals surface area contributed by atoms with Crippen LogP contribution in [0.25, 0.3) is 0 Å². The van der Waals surface area contributed by atoms with E-state index in [9.17, 15) is 14.7 Å². The highest BCUT2D eigenvalue weighted by molar-refractivity contribution is 5.86. The van der Waals surface area contributed by atoms with Crippen LogP contribution in [0.3, 0.4) is 0 Å². The van der Waals surface area contributed by atoms with Gasteiger partial charge in [0.1, 0.15) is 6.04 Å². The van der Waals surface area contributed by atoms with Crippen LogP contribution >= 0.6 is 0 Å². The fourth-order valence-electron chi connectivity index (χ4n) is 3.48. The molecule has 1 heterocycles. The monoisotopic (exact) mass is 366 g/mol. The maximum absolute atomic E-state index is 12.6. The molecule has 0 bridgehead atoms. The molecular formula is C19H34N4O3. The van der Waals surface area contributed by atoms with E-state index in [0.717, 1.165) is 32.4 Å². The van der Waals surface area contributed by atoms with Crippen LogP contribution in [0.1, 0.15) is 39.0 Å². The van der Waals surface area contributed by atoms with Crippen molar-refractivity contribution >= 4 is 11.9 Å². The summed E-state index contributed by atoms with van der Waals surface area (Å²) in [7, 11) is 2.04. The van der Waals surface area contributed by atoms with Crippen LogP contribution in [-0.4, -0.2) is 90.7 Å². The van der Waals surface area contributed by atoms with Gasteiger partial charge in [0.2, 0.25) is 5.91 Å². The molecule has 0 aromatic carbocycles. The van der Waals surface area contributed by atoms with Crippen molar-refractivity contribution in [3.8, 4) is 0 Å². The quantitative estimate of drug-likeness (QED) is 0.660. The summed E-state index contributed by atoms with van der Waals surface area (Å²) in [6.45, 7) is 5.64. The summed E-state index contributed by atoms with van der Waals surface area (Å²) in [5.74, 6) is -0.0367. The first-order chi connectivity index (χ1) is 12.5. The van der Waals surface area contributed by atoms with Crippen molar-refractivity contribution in [2.45, 2.75) is 45.1 Å². The van der Waals surface area contributed by atoms with Gasteiger partial charge in [-0.1, -0.05) is 11.6 Å². The minimum atomic E-state index is -0.555. The molecule has 0 aromatic rings. The van der Waals surface area contributed by atoms with Gasteiger partial charge in [-0.2, -0.15) is 0 Å². The van der Waals surface area contributed by atoms with Gasteiger partial charge in [0, 0.05) is 39.3 Å². The van der Waals surface area contributed by atoms with Gasteiger partial charge in [-0.25, -0.2) is 4.79 Å². The summed E-state index contributed by atoms with van der Waals surface area (Å²) < 4.78 is 0. The summed E-state index contributed by atoms with van der Waals surface area (Å²) in [6, 6.07) is -0.827. The van der Waals surface area contributed by atoms with Gasteiger partial charge in [-0.15, -0.1) is 0 Å². The lowest BCUT2D eigenvalue weighted by atomic mass is 9.97. The van der Waals surface area contributed by atoms with E-state index < -0.39 is 6.04 Å². The molecule has 2 aliphatic rings. The molecule has 2 rings (SSSR count). The first-order valence-electron chi connectivity index (χ1n) is 9.83. The standard InChI is InChI=1S/C19H34N4O3/c1-16(18(25)22-12-10-21(2)11-13-22)20-19(26)23(14-15-24)9-8-17-6-4-3-5-7-17/h6,16,24H,3-5,7-15H2,1-2H3,(H,20,26). The number of nitrogens with one attached hydrogen (secondary N) is 1. The van der Waals surface area contributed by atoms with E-state index in [4.69, 9.17) is 0 Å². The number of amides is 3. The Kier molecular flexibility index (Phi) is 8.38. The van der Waals surface area contributed by atoms with Crippen molar-refractivity contribution in [2.24, 2.45) is 0 Å². The Balaban J connectivity index is 1.82. The third-order valence-corrected chi connectivity index (χ3v) is 5.27. The molecule has 1 saturated heterocycles. The number of carbonyl (C=O) groups excluding carboxylic acids is 2. The number of allylic oxidation sites excluding steroid dienone is 1. The van der Waals surface area contributed by atoms with E-state index in [-0.39, 0.29) is 25.1 Å². The molecule has 0 aromatic heterocycles. The molecule has 1 fully saturated rings. The van der Waals surface area contributed by atoms with Gasteiger partial charge in [-0.3, -0.25) is 4.79 Å². The predicted octanol–water partition coefficient (Wildman–Crippen LogP) is 1.04. The predicted molar refractivity (Wildman–Crippen MR) is 102 cm³/mol. The Morgan fingerprint density at radius 1 is 1.23 bits per heavy atom. The second-order valence-corrected chi connectivity index (χ2v) is 7.37. The van der Waals surface area contributed by atoms with Gasteiger partial charge in [0.15, 0.2) is 0 Å². The average molecular weight is 367 g/mol. The molecule has 0 radical (unpaired) electrons. The minimum Gasteiger partial charge on any atom is -0.395 e. The molecule has 7 nitrogen and oxygen atoms in total. The van der Waals surface area contributed by atoms with Crippen LogP contribution in [-0.2, 0) is 4.79 Å². The molecule has 1 aliphatic carbocycles. The Hall–Kier alpha value is -1.60. The van der Waals surface area contributed by atoms with Gasteiger partial charge >= 0.3 is 6.03 Å². The molecule has 0 saturated carbocycles. The van der Waals surface area contributed by atoms with Crippen LogP contribution < -0.4 is 5.32 Å². The van der Waals surface area contributed by atoms with Gasteiger partial charge in [-0.05, 0) is 46.1 Å². The minimum absolute atomic E-state index is 0.0367. The SMILES string of the molecule is CC(NC(=O)N(CCO)CCC1=CCCCC1)C(=O)N1CCN(C)CC1. The van der Waals surface area contributed by atoms with Crippen LogP contribution in [0.15, 0.2) is 11.6 Å². The van der Waals surface area contributed by atoms with Crippen LogP contribution in [0.5, 0.6) is 0 Å². The molecule has 2 N–H and O–H groups in total. The summed E-state index contributed by atoms with van der Waals surface area (Å²) in [5, 5.41) is 12.1. The number of likely N-dealkylation sites (N-methyl/N-ethyl adjacent to an activating group) is 1. The lowest BCUT2D eigenvalue weighted by Gasteiger charge is -2.34. The van der Waals surface area contributed by atoms with Crippen molar-refractivity contribution < 1.29 is 14.7 Å². The number of urea groups is 1. The number of carbonyl (C=O) groups is 2. The zero-order valence-electron chi connectivity index (χ0n) is 16.2. The number of rotatable bonds is 7. The number of hydrogen-bond acceptors (Lipinski definition) is 4. The molecule has 3 amide bonds. The topological polar surface area (TPSA) is 76.1 Å². The highest BCUT2D eigenvalue weighted by atomic mass is 16.3. The maximum atomic E-state index is 12.6. The fraction of sp³-hybridized carbons (Fsp3) is 0.789. The van der Waals surface area contributed by atoms with Crippen molar-refractivity contribution in [3.05, 3.63) is 11.6 Å². The zero-order valence-corrected chi connectivity index (χ0v) is 16.2. The second kappa shape index (κ2) is 10.5. The summed E-state index contributed by atoms with van der Waals surface area (Å²) in [6.07, 6.45) is 7.81. The van der Waals surface area contributed by atoms with Crippen LogP contribution in [0.4, 0.5) is 4.79 Å². The summed E-state index contributed by atoms with van der Waals surface area (Å²) >= 11 is 0. The van der Waals surface area contributed by atoms with Crippen molar-refractivity contribution in [2.75, 3.05) is 52.9 Å². The van der Waals surface area contributed by atoms with Crippen molar-refractivity contribution in [1.82, 2.24) is 20.0 Å². The number of hydrogen-bond donors (Lipinski definition) is 2. The van der Waals surface area contributed by atoms with E-state index in [2.05, 4.69) is 16.3 Å². The van der Waals surface area contributed by atoms with E-state index >= 15 is 0 Å². The molecule has 1 unspecified atom stereocenters. The largest absolute Gasteiger partial charge is 0.395 e. The van der Waals surface area contributed by atoms with E-state index in [1.165, 1.54) is 18.4 Å². The molecule has 1 atom stereocenters.